The van der Waals surface area contributed by atoms with Crippen molar-refractivity contribution in [1.82, 2.24) is 4.90 Å². The van der Waals surface area contributed by atoms with E-state index in [2.05, 4.69) is 0 Å². The van der Waals surface area contributed by atoms with E-state index in [0.717, 1.165) is 49.3 Å². The zero-order valence-corrected chi connectivity index (χ0v) is 12.2. The maximum Gasteiger partial charge on any atom is 0.257 e. The average molecular weight is 278 g/mol. The smallest absolute Gasteiger partial charge is 0.257 e. The van der Waals surface area contributed by atoms with Crippen molar-refractivity contribution in [2.75, 3.05) is 18.8 Å². The molecule has 19 heavy (non-hydrogen) atoms. The monoisotopic (exact) mass is 278 g/mol. The fraction of sp³-hybridized carbons (Fsp3) is 0.667. The maximum atomic E-state index is 12.7. The summed E-state index contributed by atoms with van der Waals surface area (Å²) in [6.45, 7) is 1.81. The molecule has 2 N–H and O–H groups in total. The third-order valence-corrected chi connectivity index (χ3v) is 5.43. The first kappa shape index (κ1) is 13.0. The summed E-state index contributed by atoms with van der Waals surface area (Å²) >= 11 is 1.65. The van der Waals surface area contributed by atoms with Gasteiger partial charge in [-0.25, -0.2) is 0 Å². The van der Waals surface area contributed by atoms with E-state index in [1.165, 1.54) is 36.1 Å². The van der Waals surface area contributed by atoms with Crippen LogP contribution in [0.1, 0.15) is 59.3 Å². The van der Waals surface area contributed by atoms with Crippen LogP contribution in [0.3, 0.4) is 0 Å². The molecule has 1 aliphatic heterocycles. The quantitative estimate of drug-likeness (QED) is 0.802. The number of piperidine rings is 1. The lowest BCUT2D eigenvalue weighted by molar-refractivity contribution is 0.0724. The van der Waals surface area contributed by atoms with Gasteiger partial charge < -0.3 is 10.6 Å². The molecule has 1 amide bonds. The lowest BCUT2D eigenvalue weighted by Crippen LogP contribution is -2.36. The third-order valence-electron chi connectivity index (χ3n) is 4.31. The van der Waals surface area contributed by atoms with Gasteiger partial charge in [0.1, 0.15) is 0 Å². The lowest BCUT2D eigenvalue weighted by Gasteiger charge is -2.27. The molecular weight excluding hydrogens is 256 g/mol. The lowest BCUT2D eigenvalue weighted by atomic mass is 10.0. The summed E-state index contributed by atoms with van der Waals surface area (Å²) in [6.07, 6.45) is 9.39. The summed E-state index contributed by atoms with van der Waals surface area (Å²) in [7, 11) is 0. The number of likely N-dealkylation sites (tertiary alicyclic amines) is 1. The highest BCUT2D eigenvalue weighted by molar-refractivity contribution is 7.16. The zero-order chi connectivity index (χ0) is 13.2. The molecule has 3 nitrogen and oxygen atoms in total. The van der Waals surface area contributed by atoms with E-state index in [9.17, 15) is 4.79 Å². The van der Waals surface area contributed by atoms with Crippen molar-refractivity contribution in [2.45, 2.75) is 51.4 Å². The Bertz CT molecular complexity index is 475. The summed E-state index contributed by atoms with van der Waals surface area (Å²) in [5.74, 6) is 0.191. The Balaban J connectivity index is 1.90. The predicted molar refractivity (Wildman–Crippen MR) is 79.7 cm³/mol. The van der Waals surface area contributed by atoms with Crippen LogP contribution in [-0.4, -0.2) is 23.9 Å². The maximum absolute atomic E-state index is 12.7. The van der Waals surface area contributed by atoms with Crippen LogP contribution in [0, 0.1) is 0 Å². The number of aryl methyl sites for hydroxylation is 1. The summed E-state index contributed by atoms with van der Waals surface area (Å²) < 4.78 is 0. The van der Waals surface area contributed by atoms with Crippen molar-refractivity contribution in [3.63, 3.8) is 0 Å². The Morgan fingerprint density at radius 2 is 1.68 bits per heavy atom. The van der Waals surface area contributed by atoms with E-state index in [1.807, 2.05) is 4.90 Å². The fourth-order valence-electron chi connectivity index (χ4n) is 3.25. The van der Waals surface area contributed by atoms with E-state index in [4.69, 9.17) is 5.73 Å². The molecule has 1 fully saturated rings. The van der Waals surface area contributed by atoms with Gasteiger partial charge in [0.05, 0.1) is 10.6 Å². The first-order valence-corrected chi connectivity index (χ1v) is 8.28. The van der Waals surface area contributed by atoms with Gasteiger partial charge in [0.15, 0.2) is 0 Å². The Kier molecular flexibility index (Phi) is 3.78. The second kappa shape index (κ2) is 5.53. The number of amides is 1. The van der Waals surface area contributed by atoms with E-state index < -0.39 is 0 Å². The molecule has 0 spiro atoms. The molecule has 1 saturated heterocycles. The van der Waals surface area contributed by atoms with Crippen LogP contribution in [-0.2, 0) is 12.8 Å². The molecule has 0 saturated carbocycles. The minimum Gasteiger partial charge on any atom is -0.390 e. The number of carbonyl (C=O) groups is 1. The van der Waals surface area contributed by atoms with Crippen LogP contribution in [0.25, 0.3) is 0 Å². The molecule has 2 aliphatic rings. The van der Waals surface area contributed by atoms with E-state index >= 15 is 0 Å². The molecule has 0 aromatic carbocycles. The van der Waals surface area contributed by atoms with Gasteiger partial charge in [-0.15, -0.1) is 11.3 Å². The SMILES string of the molecule is Nc1sc2c(c1C(=O)N1CCCCC1)CCCCC2. The van der Waals surface area contributed by atoms with Crippen LogP contribution in [0.15, 0.2) is 0 Å². The van der Waals surface area contributed by atoms with E-state index in [0.29, 0.717) is 0 Å². The van der Waals surface area contributed by atoms with Crippen LogP contribution in [0.4, 0.5) is 5.00 Å². The number of rotatable bonds is 1. The summed E-state index contributed by atoms with van der Waals surface area (Å²) in [5, 5.41) is 0.752. The van der Waals surface area contributed by atoms with Crippen molar-refractivity contribution >= 4 is 22.2 Å². The van der Waals surface area contributed by atoms with Gasteiger partial charge in [-0.3, -0.25) is 4.79 Å². The molecule has 104 valence electrons. The van der Waals surface area contributed by atoms with Gasteiger partial charge in [0.25, 0.3) is 5.91 Å². The highest BCUT2D eigenvalue weighted by Crippen LogP contribution is 2.36. The Labute approximate surface area is 118 Å². The van der Waals surface area contributed by atoms with Crippen LogP contribution >= 0.6 is 11.3 Å². The van der Waals surface area contributed by atoms with Gasteiger partial charge >= 0.3 is 0 Å². The Hall–Kier alpha value is -1.03. The third kappa shape index (κ3) is 2.50. The second-order valence-electron chi connectivity index (χ2n) is 5.66. The Morgan fingerprint density at radius 3 is 2.47 bits per heavy atom. The number of hydrogen-bond acceptors (Lipinski definition) is 3. The first-order valence-electron chi connectivity index (χ1n) is 7.46. The second-order valence-corrected chi connectivity index (χ2v) is 6.79. The number of anilines is 1. The molecule has 0 atom stereocenters. The van der Waals surface area contributed by atoms with E-state index in [1.54, 1.807) is 11.3 Å². The van der Waals surface area contributed by atoms with Gasteiger partial charge in [-0.1, -0.05) is 6.42 Å². The summed E-state index contributed by atoms with van der Waals surface area (Å²) in [6, 6.07) is 0. The van der Waals surface area contributed by atoms with Gasteiger partial charge in [0.2, 0.25) is 0 Å². The van der Waals surface area contributed by atoms with Gasteiger partial charge in [-0.05, 0) is 50.5 Å². The predicted octanol–water partition coefficient (Wildman–Crippen LogP) is 3.23. The van der Waals surface area contributed by atoms with Crippen LogP contribution < -0.4 is 5.73 Å². The Morgan fingerprint density at radius 1 is 1.00 bits per heavy atom. The van der Waals surface area contributed by atoms with Crippen molar-refractivity contribution in [2.24, 2.45) is 0 Å². The zero-order valence-electron chi connectivity index (χ0n) is 11.4. The molecule has 4 heteroatoms. The molecule has 1 aliphatic carbocycles. The average Bonchev–Trinajstić information content (AvgIpc) is 2.61. The molecule has 3 rings (SSSR count). The summed E-state index contributed by atoms with van der Waals surface area (Å²) in [4.78, 5) is 16.1. The van der Waals surface area contributed by atoms with Crippen molar-refractivity contribution in [1.29, 1.82) is 0 Å². The minimum atomic E-state index is 0.191. The first-order chi connectivity index (χ1) is 9.27. The normalized spacial score (nSPS) is 19.9. The number of hydrogen-bond donors (Lipinski definition) is 1. The van der Waals surface area contributed by atoms with Gasteiger partial charge in [-0.2, -0.15) is 0 Å². The molecule has 0 radical (unpaired) electrons. The molecule has 1 aromatic rings. The molecule has 2 heterocycles. The fourth-order valence-corrected chi connectivity index (χ4v) is 4.41. The standard InChI is InChI=1S/C15H22N2OS/c16-14-13(15(18)17-9-5-2-6-10-17)11-7-3-1-4-8-12(11)19-14/h1-10,16H2. The summed E-state index contributed by atoms with van der Waals surface area (Å²) in [5.41, 5.74) is 8.28. The highest BCUT2D eigenvalue weighted by atomic mass is 32.1. The molecular formula is C15H22N2OS. The van der Waals surface area contributed by atoms with E-state index in [-0.39, 0.29) is 5.91 Å². The number of thiophene rings is 1. The molecule has 0 bridgehead atoms. The van der Waals surface area contributed by atoms with Gasteiger partial charge in [0, 0.05) is 18.0 Å². The number of nitrogen functional groups attached to an aromatic ring is 1. The number of carbonyl (C=O) groups excluding carboxylic acids is 1. The highest BCUT2D eigenvalue weighted by Gasteiger charge is 2.27. The van der Waals surface area contributed by atoms with Crippen molar-refractivity contribution in [3.05, 3.63) is 16.0 Å². The number of nitrogens with zero attached hydrogens (tertiary/aromatic N) is 1. The topological polar surface area (TPSA) is 46.3 Å². The minimum absolute atomic E-state index is 0.191. The van der Waals surface area contributed by atoms with Crippen molar-refractivity contribution < 1.29 is 4.79 Å². The van der Waals surface area contributed by atoms with Crippen LogP contribution in [0.5, 0.6) is 0 Å². The van der Waals surface area contributed by atoms with Crippen molar-refractivity contribution in [3.8, 4) is 0 Å². The largest absolute Gasteiger partial charge is 0.390 e. The molecule has 0 unspecified atom stereocenters. The number of fused-ring (bicyclic) bond motifs is 1. The van der Waals surface area contributed by atoms with Crippen LogP contribution in [0.2, 0.25) is 0 Å². The number of nitrogens with two attached hydrogens (primary N) is 1. The molecule has 1 aromatic heterocycles.